The molecule has 0 bridgehead atoms. The molecule has 0 aliphatic carbocycles. The van der Waals surface area contributed by atoms with Gasteiger partial charge in [-0.1, -0.05) is 0 Å². The van der Waals surface area contributed by atoms with Gasteiger partial charge in [-0.05, 0) is 41.7 Å². The summed E-state index contributed by atoms with van der Waals surface area (Å²) < 4.78 is 22.8. The van der Waals surface area contributed by atoms with Gasteiger partial charge >= 0.3 is 0 Å². The summed E-state index contributed by atoms with van der Waals surface area (Å²) in [5.41, 5.74) is -0.659. The number of carbonyl (C=O) groups excluding carboxylic acids is 1. The van der Waals surface area contributed by atoms with Crippen molar-refractivity contribution in [2.45, 2.75) is 51.3 Å². The van der Waals surface area contributed by atoms with Crippen molar-refractivity contribution in [3.63, 3.8) is 0 Å². The van der Waals surface area contributed by atoms with Crippen molar-refractivity contribution in [2.24, 2.45) is 0 Å². The molecular formula is C11H23NO3S. The molecule has 0 heterocycles. The van der Waals surface area contributed by atoms with E-state index in [1.54, 1.807) is 41.7 Å². The van der Waals surface area contributed by atoms with Crippen molar-refractivity contribution >= 4 is 15.6 Å². The number of rotatable bonds is 5. The van der Waals surface area contributed by atoms with E-state index in [0.29, 0.717) is 0 Å². The zero-order valence-corrected chi connectivity index (χ0v) is 11.9. The Morgan fingerprint density at radius 3 is 1.88 bits per heavy atom. The van der Waals surface area contributed by atoms with Crippen molar-refractivity contribution in [3.8, 4) is 0 Å². The van der Waals surface area contributed by atoms with E-state index < -0.39 is 20.1 Å². The number of sulfone groups is 1. The van der Waals surface area contributed by atoms with Crippen molar-refractivity contribution in [2.75, 3.05) is 12.8 Å². The number of likely N-dealkylation sites (N-methyl/N-ethyl adjacent to an activating group) is 1. The van der Waals surface area contributed by atoms with Crippen LogP contribution in [-0.2, 0) is 14.6 Å². The maximum Gasteiger partial charge on any atom is 0.155 e. The maximum absolute atomic E-state index is 11.8. The van der Waals surface area contributed by atoms with Crippen LogP contribution in [-0.4, -0.2) is 37.3 Å². The Balaban J connectivity index is 4.56. The summed E-state index contributed by atoms with van der Waals surface area (Å²) in [5.74, 6) is -0.164. The molecule has 4 nitrogen and oxygen atoms in total. The number of Topliss-reactive ketones (excluding diaryl/α,β-unsaturated/α-hetero) is 1. The molecular weight excluding hydrogens is 226 g/mol. The highest BCUT2D eigenvalue weighted by molar-refractivity contribution is 7.92. The largest absolute Gasteiger partial charge is 0.308 e. The summed E-state index contributed by atoms with van der Waals surface area (Å²) in [6.07, 6.45) is 0.0629. The molecule has 0 aliphatic heterocycles. The standard InChI is InChI=1S/C11H23NO3S/c1-10(2,3)16(14,15)8-7-9(13)11(4,5)12-6/h12H,7-8H2,1-6H3. The third kappa shape index (κ3) is 3.87. The first-order valence-corrected chi connectivity index (χ1v) is 7.04. The second kappa shape index (κ2) is 4.84. The molecule has 0 atom stereocenters. The van der Waals surface area contributed by atoms with Crippen LogP contribution in [0.5, 0.6) is 0 Å². The van der Waals surface area contributed by atoms with Crippen LogP contribution < -0.4 is 5.32 Å². The Morgan fingerprint density at radius 2 is 1.56 bits per heavy atom. The minimum atomic E-state index is -3.21. The van der Waals surface area contributed by atoms with Crippen molar-refractivity contribution in [1.29, 1.82) is 0 Å². The van der Waals surface area contributed by atoms with Gasteiger partial charge in [-0.15, -0.1) is 0 Å². The highest BCUT2D eigenvalue weighted by Gasteiger charge is 2.32. The van der Waals surface area contributed by atoms with Gasteiger partial charge in [-0.25, -0.2) is 8.42 Å². The summed E-state index contributed by atoms with van der Waals surface area (Å²) >= 11 is 0. The van der Waals surface area contributed by atoms with E-state index in [2.05, 4.69) is 5.32 Å². The van der Waals surface area contributed by atoms with Crippen LogP contribution >= 0.6 is 0 Å². The van der Waals surface area contributed by atoms with Gasteiger partial charge in [0.25, 0.3) is 0 Å². The van der Waals surface area contributed by atoms with Crippen LogP contribution in [0.25, 0.3) is 0 Å². The smallest absolute Gasteiger partial charge is 0.155 e. The van der Waals surface area contributed by atoms with Gasteiger partial charge in [-0.3, -0.25) is 4.79 Å². The average Bonchev–Trinajstić information content (AvgIpc) is 2.12. The van der Waals surface area contributed by atoms with Crippen molar-refractivity contribution < 1.29 is 13.2 Å². The molecule has 0 aliphatic rings. The molecule has 0 spiro atoms. The highest BCUT2D eigenvalue weighted by atomic mass is 32.2. The zero-order valence-electron chi connectivity index (χ0n) is 11.0. The van der Waals surface area contributed by atoms with Gasteiger partial charge in [0.1, 0.15) is 0 Å². The molecule has 0 radical (unpaired) electrons. The molecule has 96 valence electrons. The van der Waals surface area contributed by atoms with Gasteiger partial charge in [0.15, 0.2) is 15.6 Å². The summed E-state index contributed by atoms with van der Waals surface area (Å²) in [7, 11) is -1.52. The molecule has 0 fully saturated rings. The predicted octanol–water partition coefficient (Wildman–Crippen LogP) is 1.16. The van der Waals surface area contributed by atoms with Gasteiger partial charge in [-0.2, -0.15) is 0 Å². The zero-order chi connectivity index (χ0) is 13.2. The molecule has 5 heteroatoms. The van der Waals surface area contributed by atoms with E-state index >= 15 is 0 Å². The normalized spacial score (nSPS) is 13.9. The number of hydrogen-bond acceptors (Lipinski definition) is 4. The van der Waals surface area contributed by atoms with Gasteiger partial charge < -0.3 is 5.32 Å². The molecule has 0 aromatic heterocycles. The minimum absolute atomic E-state index is 0.0629. The second-order valence-electron chi connectivity index (χ2n) is 5.48. The van der Waals surface area contributed by atoms with Gasteiger partial charge in [0.05, 0.1) is 16.0 Å². The van der Waals surface area contributed by atoms with Crippen LogP contribution in [0.2, 0.25) is 0 Å². The quantitative estimate of drug-likeness (QED) is 0.794. The van der Waals surface area contributed by atoms with Crippen LogP contribution in [0.1, 0.15) is 41.0 Å². The molecule has 0 aromatic rings. The lowest BCUT2D eigenvalue weighted by Gasteiger charge is -2.24. The predicted molar refractivity (Wildman–Crippen MR) is 66.3 cm³/mol. The van der Waals surface area contributed by atoms with Crippen molar-refractivity contribution in [1.82, 2.24) is 5.32 Å². The number of nitrogens with one attached hydrogen (secondary N) is 1. The molecule has 0 rings (SSSR count). The summed E-state index contributed by atoms with van der Waals surface area (Å²) in [4.78, 5) is 11.7. The number of carbonyl (C=O) groups is 1. The fourth-order valence-corrected chi connectivity index (χ4v) is 2.05. The summed E-state index contributed by atoms with van der Waals surface area (Å²) in [5, 5.41) is 2.87. The van der Waals surface area contributed by atoms with E-state index in [0.717, 1.165) is 0 Å². The first-order valence-electron chi connectivity index (χ1n) is 5.38. The first kappa shape index (κ1) is 15.6. The third-order valence-corrected chi connectivity index (χ3v) is 5.46. The monoisotopic (exact) mass is 249 g/mol. The van der Waals surface area contributed by atoms with E-state index in [1.807, 2.05) is 0 Å². The van der Waals surface area contributed by atoms with E-state index in [4.69, 9.17) is 0 Å². The molecule has 16 heavy (non-hydrogen) atoms. The molecule has 0 amide bonds. The topological polar surface area (TPSA) is 63.2 Å². The molecule has 0 saturated carbocycles. The Labute approximate surface area is 98.7 Å². The van der Waals surface area contributed by atoms with Crippen molar-refractivity contribution in [3.05, 3.63) is 0 Å². The Morgan fingerprint density at radius 1 is 1.12 bits per heavy atom. The molecule has 0 aromatic carbocycles. The SMILES string of the molecule is CNC(C)(C)C(=O)CCS(=O)(=O)C(C)(C)C. The van der Waals surface area contributed by atoms with E-state index in [1.165, 1.54) is 0 Å². The molecule has 0 saturated heterocycles. The number of hydrogen-bond donors (Lipinski definition) is 1. The lowest BCUT2D eigenvalue weighted by Crippen LogP contribution is -2.45. The maximum atomic E-state index is 11.8. The Bertz CT molecular complexity index is 350. The second-order valence-corrected chi connectivity index (χ2v) is 8.34. The van der Waals surface area contributed by atoms with E-state index in [-0.39, 0.29) is 18.0 Å². The van der Waals surface area contributed by atoms with Crippen LogP contribution in [0.4, 0.5) is 0 Å². The first-order chi connectivity index (χ1) is 6.94. The number of ketones is 1. The minimum Gasteiger partial charge on any atom is -0.308 e. The van der Waals surface area contributed by atoms with Crippen LogP contribution in [0.15, 0.2) is 0 Å². The fraction of sp³-hybridized carbons (Fsp3) is 0.909. The molecule has 0 unspecified atom stereocenters. The Kier molecular flexibility index (Phi) is 4.71. The van der Waals surface area contributed by atoms with Crippen LogP contribution in [0, 0.1) is 0 Å². The summed E-state index contributed by atoms with van der Waals surface area (Å²) in [6, 6.07) is 0. The molecule has 1 N–H and O–H groups in total. The Hall–Kier alpha value is -0.420. The van der Waals surface area contributed by atoms with Gasteiger partial charge in [0.2, 0.25) is 0 Å². The van der Waals surface area contributed by atoms with Gasteiger partial charge in [0, 0.05) is 6.42 Å². The van der Waals surface area contributed by atoms with E-state index in [9.17, 15) is 13.2 Å². The van der Waals surface area contributed by atoms with Crippen LogP contribution in [0.3, 0.4) is 0 Å². The fourth-order valence-electron chi connectivity index (χ4n) is 0.985. The summed E-state index contributed by atoms with van der Waals surface area (Å²) in [6.45, 7) is 8.44. The third-order valence-electron chi connectivity index (χ3n) is 2.85. The highest BCUT2D eigenvalue weighted by Crippen LogP contribution is 2.18. The lowest BCUT2D eigenvalue weighted by molar-refractivity contribution is -0.123. The average molecular weight is 249 g/mol. The lowest BCUT2D eigenvalue weighted by atomic mass is 9.98.